The van der Waals surface area contributed by atoms with Crippen LogP contribution in [0.2, 0.25) is 0 Å². The third-order valence-corrected chi connectivity index (χ3v) is 5.33. The van der Waals surface area contributed by atoms with E-state index in [9.17, 15) is 8.42 Å². The Bertz CT molecular complexity index is 1230. The van der Waals surface area contributed by atoms with Crippen LogP contribution in [0.5, 0.6) is 0 Å². The lowest BCUT2D eigenvalue weighted by Gasteiger charge is -2.05. The van der Waals surface area contributed by atoms with Gasteiger partial charge in [-0.2, -0.15) is 0 Å². The van der Waals surface area contributed by atoms with Crippen LogP contribution in [0.3, 0.4) is 0 Å². The van der Waals surface area contributed by atoms with Crippen molar-refractivity contribution in [1.29, 1.82) is 0 Å². The number of hydrogen-bond acceptors (Lipinski definition) is 4. The second-order valence-corrected chi connectivity index (χ2v) is 8.17. The van der Waals surface area contributed by atoms with Crippen molar-refractivity contribution in [2.24, 2.45) is 0 Å². The summed E-state index contributed by atoms with van der Waals surface area (Å²) in [6.45, 7) is 0. The fraction of sp³-hybridized carbons (Fsp3) is 0.0476. The molecule has 0 atom stereocenters. The largest absolute Gasteiger partial charge is 0.277 e. The number of rotatable bonds is 4. The van der Waals surface area contributed by atoms with Crippen LogP contribution in [-0.2, 0) is 9.84 Å². The Kier molecular flexibility index (Phi) is 4.33. The van der Waals surface area contributed by atoms with Gasteiger partial charge in [-0.25, -0.2) is 18.4 Å². The van der Waals surface area contributed by atoms with Gasteiger partial charge < -0.3 is 0 Å². The molecule has 6 heteroatoms. The van der Waals surface area contributed by atoms with Crippen LogP contribution in [-0.4, -0.2) is 29.2 Å². The van der Waals surface area contributed by atoms with E-state index in [1.54, 1.807) is 30.5 Å². The van der Waals surface area contributed by atoms with E-state index in [1.165, 1.54) is 6.26 Å². The average molecular weight is 375 g/mol. The van der Waals surface area contributed by atoms with E-state index in [4.69, 9.17) is 4.98 Å². The Morgan fingerprint density at radius 2 is 1.63 bits per heavy atom. The van der Waals surface area contributed by atoms with Gasteiger partial charge in [0.25, 0.3) is 0 Å². The van der Waals surface area contributed by atoms with Crippen molar-refractivity contribution in [2.45, 2.75) is 4.90 Å². The highest BCUT2D eigenvalue weighted by Gasteiger charge is 2.11. The van der Waals surface area contributed by atoms with Gasteiger partial charge in [0.05, 0.1) is 15.9 Å². The first-order chi connectivity index (χ1) is 13.0. The van der Waals surface area contributed by atoms with Crippen LogP contribution in [0.4, 0.5) is 0 Å². The number of para-hydroxylation sites is 2. The summed E-state index contributed by atoms with van der Waals surface area (Å²) in [7, 11) is -3.20. The molecule has 0 saturated heterocycles. The van der Waals surface area contributed by atoms with Crippen LogP contribution < -0.4 is 0 Å². The molecule has 0 radical (unpaired) electrons. The number of fused-ring (bicyclic) bond motifs is 1. The third-order valence-electron chi connectivity index (χ3n) is 4.20. The molecule has 0 N–H and O–H groups in total. The monoisotopic (exact) mass is 375 g/mol. The first kappa shape index (κ1) is 17.2. The van der Waals surface area contributed by atoms with Crippen molar-refractivity contribution in [2.75, 3.05) is 6.26 Å². The van der Waals surface area contributed by atoms with Gasteiger partial charge in [0.15, 0.2) is 9.84 Å². The number of pyridine rings is 1. The van der Waals surface area contributed by atoms with Crippen molar-refractivity contribution < 1.29 is 8.42 Å². The number of nitrogens with zero attached hydrogens (tertiary/aromatic N) is 3. The fourth-order valence-electron chi connectivity index (χ4n) is 2.88. The number of benzene rings is 2. The summed E-state index contributed by atoms with van der Waals surface area (Å²) >= 11 is 0. The summed E-state index contributed by atoms with van der Waals surface area (Å²) in [6.07, 6.45) is 6.77. The van der Waals surface area contributed by atoms with Gasteiger partial charge in [0.1, 0.15) is 11.6 Å². The van der Waals surface area contributed by atoms with Crippen molar-refractivity contribution in [3.8, 4) is 5.82 Å². The van der Waals surface area contributed by atoms with E-state index in [0.29, 0.717) is 4.90 Å². The van der Waals surface area contributed by atoms with E-state index in [-0.39, 0.29) is 0 Å². The highest BCUT2D eigenvalue weighted by molar-refractivity contribution is 7.90. The minimum Gasteiger partial charge on any atom is -0.277 e. The molecule has 0 saturated carbocycles. The molecule has 0 aliphatic rings. The zero-order valence-electron chi connectivity index (χ0n) is 14.6. The second-order valence-electron chi connectivity index (χ2n) is 6.16. The molecule has 134 valence electrons. The van der Waals surface area contributed by atoms with Crippen LogP contribution in [0.15, 0.2) is 77.8 Å². The second kappa shape index (κ2) is 6.81. The summed E-state index contributed by atoms with van der Waals surface area (Å²) in [6, 6.07) is 20.4. The van der Waals surface area contributed by atoms with Gasteiger partial charge in [-0.1, -0.05) is 36.4 Å². The molecule has 0 amide bonds. The maximum absolute atomic E-state index is 11.6. The van der Waals surface area contributed by atoms with Crippen molar-refractivity contribution >= 4 is 33.0 Å². The summed E-state index contributed by atoms with van der Waals surface area (Å²) in [4.78, 5) is 9.46. The maximum atomic E-state index is 11.6. The lowest BCUT2D eigenvalue weighted by atomic mass is 10.2. The molecule has 5 nitrogen and oxygen atoms in total. The summed E-state index contributed by atoms with van der Waals surface area (Å²) < 4.78 is 25.2. The van der Waals surface area contributed by atoms with E-state index in [0.717, 1.165) is 28.2 Å². The standard InChI is InChI=1S/C21H17N3O2S/c1-27(25,26)17-12-9-16(10-13-17)11-14-21-23-18-6-2-3-7-19(18)24(21)20-8-4-5-15-22-20/h2-15H,1H3. The maximum Gasteiger partial charge on any atom is 0.175 e. The third kappa shape index (κ3) is 3.52. The Morgan fingerprint density at radius 1 is 0.889 bits per heavy atom. The highest BCUT2D eigenvalue weighted by Crippen LogP contribution is 2.22. The molecule has 27 heavy (non-hydrogen) atoms. The van der Waals surface area contributed by atoms with Gasteiger partial charge in [0, 0.05) is 12.5 Å². The van der Waals surface area contributed by atoms with Crippen molar-refractivity contribution in [3.05, 3.63) is 84.3 Å². The van der Waals surface area contributed by atoms with Gasteiger partial charge in [0.2, 0.25) is 0 Å². The number of imidazole rings is 1. The Labute approximate surface area is 157 Å². The first-order valence-corrected chi connectivity index (χ1v) is 10.3. The molecule has 0 bridgehead atoms. The van der Waals surface area contributed by atoms with Gasteiger partial charge in [-0.3, -0.25) is 4.57 Å². The summed E-state index contributed by atoms with van der Waals surface area (Å²) in [5.74, 6) is 1.54. The smallest absolute Gasteiger partial charge is 0.175 e. The van der Waals surface area contributed by atoms with E-state index in [2.05, 4.69) is 4.98 Å². The number of hydrogen-bond donors (Lipinski definition) is 0. The molecule has 0 fully saturated rings. The molecule has 2 aromatic heterocycles. The van der Waals surface area contributed by atoms with Crippen molar-refractivity contribution in [3.63, 3.8) is 0 Å². The fourth-order valence-corrected chi connectivity index (χ4v) is 3.51. The summed E-state index contributed by atoms with van der Waals surface area (Å²) in [5.41, 5.74) is 2.75. The van der Waals surface area contributed by atoms with Crippen LogP contribution >= 0.6 is 0 Å². The Balaban J connectivity index is 1.77. The molecule has 0 aliphatic carbocycles. The topological polar surface area (TPSA) is 64.8 Å². The molecular formula is C21H17N3O2S. The zero-order chi connectivity index (χ0) is 18.9. The number of sulfone groups is 1. The molecule has 2 heterocycles. The average Bonchev–Trinajstić information content (AvgIpc) is 3.05. The minimum atomic E-state index is -3.20. The molecule has 4 rings (SSSR count). The molecule has 4 aromatic rings. The molecule has 0 spiro atoms. The van der Waals surface area contributed by atoms with Crippen LogP contribution in [0, 0.1) is 0 Å². The Hall–Kier alpha value is -3.25. The molecular weight excluding hydrogens is 358 g/mol. The van der Waals surface area contributed by atoms with Crippen LogP contribution in [0.1, 0.15) is 11.4 Å². The van der Waals surface area contributed by atoms with E-state index < -0.39 is 9.84 Å². The summed E-state index contributed by atoms with van der Waals surface area (Å²) in [5, 5.41) is 0. The molecule has 0 unspecified atom stereocenters. The quantitative estimate of drug-likeness (QED) is 0.541. The molecule has 0 aliphatic heterocycles. The predicted octanol–water partition coefficient (Wildman–Crippen LogP) is 3.99. The number of aromatic nitrogens is 3. The van der Waals surface area contributed by atoms with E-state index in [1.807, 2.05) is 59.2 Å². The van der Waals surface area contributed by atoms with Crippen molar-refractivity contribution in [1.82, 2.24) is 14.5 Å². The lowest BCUT2D eigenvalue weighted by Crippen LogP contribution is -1.99. The van der Waals surface area contributed by atoms with Gasteiger partial charge in [-0.15, -0.1) is 0 Å². The van der Waals surface area contributed by atoms with E-state index >= 15 is 0 Å². The SMILES string of the molecule is CS(=O)(=O)c1ccc(C=Cc2nc3ccccc3n2-c2ccccn2)cc1. The predicted molar refractivity (Wildman–Crippen MR) is 107 cm³/mol. The lowest BCUT2D eigenvalue weighted by molar-refractivity contribution is 0.602. The minimum absolute atomic E-state index is 0.306. The molecule has 2 aromatic carbocycles. The first-order valence-electron chi connectivity index (χ1n) is 8.39. The normalized spacial score (nSPS) is 12.0. The van der Waals surface area contributed by atoms with Crippen LogP contribution in [0.25, 0.3) is 29.0 Å². The Morgan fingerprint density at radius 3 is 2.33 bits per heavy atom. The van der Waals surface area contributed by atoms with Gasteiger partial charge >= 0.3 is 0 Å². The highest BCUT2D eigenvalue weighted by atomic mass is 32.2. The van der Waals surface area contributed by atoms with Gasteiger partial charge in [-0.05, 0) is 48.0 Å². The zero-order valence-corrected chi connectivity index (χ0v) is 15.5.